The second-order valence-corrected chi connectivity index (χ2v) is 9.19. The number of nitrogens with zero attached hydrogens (tertiary/aromatic N) is 3. The molecule has 2 aromatic carbocycles. The van der Waals surface area contributed by atoms with Crippen molar-refractivity contribution >= 4 is 29.9 Å². The first-order chi connectivity index (χ1) is 14.7. The lowest BCUT2D eigenvalue weighted by Gasteiger charge is -2.35. The first-order valence-electron chi connectivity index (χ1n) is 10.6. The summed E-state index contributed by atoms with van der Waals surface area (Å²) < 4.78 is 12.2. The number of rotatable bonds is 4. The van der Waals surface area contributed by atoms with E-state index >= 15 is 0 Å². The SMILES string of the molecule is [C-]#[N+]c1ccc(CN2CCN(c3ccc(B4OC(C)(C)C(C)(C)O4)cc3)CC2=O)cc1. The van der Waals surface area contributed by atoms with Crippen LogP contribution in [-0.2, 0) is 20.6 Å². The van der Waals surface area contributed by atoms with E-state index in [1.165, 1.54) is 0 Å². The van der Waals surface area contributed by atoms with Gasteiger partial charge in [-0.1, -0.05) is 36.4 Å². The van der Waals surface area contributed by atoms with Crippen molar-refractivity contribution < 1.29 is 14.1 Å². The fourth-order valence-electron chi connectivity index (χ4n) is 3.81. The van der Waals surface area contributed by atoms with E-state index in [0.29, 0.717) is 25.3 Å². The van der Waals surface area contributed by atoms with Gasteiger partial charge in [0.15, 0.2) is 5.69 Å². The molecule has 2 aromatic rings. The molecule has 0 radical (unpaired) electrons. The largest absolute Gasteiger partial charge is 0.494 e. The van der Waals surface area contributed by atoms with Crippen molar-refractivity contribution in [3.63, 3.8) is 0 Å². The first-order valence-corrected chi connectivity index (χ1v) is 10.6. The van der Waals surface area contributed by atoms with Gasteiger partial charge >= 0.3 is 7.12 Å². The van der Waals surface area contributed by atoms with Crippen molar-refractivity contribution in [3.8, 4) is 0 Å². The van der Waals surface area contributed by atoms with E-state index in [9.17, 15) is 4.79 Å². The van der Waals surface area contributed by atoms with Gasteiger partial charge in [-0.2, -0.15) is 0 Å². The minimum Gasteiger partial charge on any atom is -0.399 e. The van der Waals surface area contributed by atoms with Gasteiger partial charge in [-0.25, -0.2) is 4.85 Å². The van der Waals surface area contributed by atoms with Gasteiger partial charge in [0.1, 0.15) is 0 Å². The van der Waals surface area contributed by atoms with E-state index in [-0.39, 0.29) is 24.2 Å². The molecule has 2 heterocycles. The van der Waals surface area contributed by atoms with Crippen molar-refractivity contribution in [2.45, 2.75) is 45.4 Å². The molecule has 6 nitrogen and oxygen atoms in total. The number of benzene rings is 2. The number of carbonyl (C=O) groups excluding carboxylic acids is 1. The highest BCUT2D eigenvalue weighted by Gasteiger charge is 2.51. The Kier molecular flexibility index (Phi) is 5.55. The van der Waals surface area contributed by atoms with Crippen molar-refractivity contribution in [2.75, 3.05) is 24.5 Å². The van der Waals surface area contributed by atoms with Crippen molar-refractivity contribution in [1.82, 2.24) is 4.90 Å². The Morgan fingerprint density at radius 2 is 1.58 bits per heavy atom. The third kappa shape index (κ3) is 4.32. The maximum atomic E-state index is 12.7. The van der Waals surface area contributed by atoms with Crippen LogP contribution in [-0.4, -0.2) is 48.8 Å². The summed E-state index contributed by atoms with van der Waals surface area (Å²) in [5, 5.41) is 0. The summed E-state index contributed by atoms with van der Waals surface area (Å²) in [5.41, 5.74) is 2.93. The van der Waals surface area contributed by atoms with Crippen LogP contribution in [0.3, 0.4) is 0 Å². The number of anilines is 1. The highest BCUT2D eigenvalue weighted by molar-refractivity contribution is 6.62. The Balaban J connectivity index is 1.37. The fourth-order valence-corrected chi connectivity index (χ4v) is 3.81. The quantitative estimate of drug-likeness (QED) is 0.565. The predicted octanol–water partition coefficient (Wildman–Crippen LogP) is 3.39. The van der Waals surface area contributed by atoms with Crippen molar-refractivity contribution in [2.24, 2.45) is 0 Å². The van der Waals surface area contributed by atoms with Crippen LogP contribution < -0.4 is 10.4 Å². The van der Waals surface area contributed by atoms with Gasteiger partial charge in [-0.05, 0) is 50.9 Å². The van der Waals surface area contributed by atoms with E-state index < -0.39 is 0 Å². The van der Waals surface area contributed by atoms with Gasteiger partial charge in [0.25, 0.3) is 0 Å². The summed E-state index contributed by atoms with van der Waals surface area (Å²) in [5.74, 6) is 0.107. The molecule has 0 aromatic heterocycles. The molecule has 2 aliphatic rings. The summed E-state index contributed by atoms with van der Waals surface area (Å²) in [6.45, 7) is 17.6. The number of piperazine rings is 1. The molecule has 2 fully saturated rings. The normalized spacial score (nSPS) is 20.1. The molecule has 0 atom stereocenters. The van der Waals surface area contributed by atoms with Crippen LogP contribution in [0.2, 0.25) is 0 Å². The highest BCUT2D eigenvalue weighted by Crippen LogP contribution is 2.36. The van der Waals surface area contributed by atoms with Crippen LogP contribution in [0, 0.1) is 6.57 Å². The molecular formula is C24H28BN3O3. The summed E-state index contributed by atoms with van der Waals surface area (Å²) >= 11 is 0. The molecule has 4 rings (SSSR count). The van der Waals surface area contributed by atoms with Gasteiger partial charge in [-0.3, -0.25) is 4.79 Å². The van der Waals surface area contributed by atoms with Crippen LogP contribution in [0.1, 0.15) is 33.3 Å². The average molecular weight is 417 g/mol. The molecular weight excluding hydrogens is 389 g/mol. The van der Waals surface area contributed by atoms with Gasteiger partial charge in [0.2, 0.25) is 5.91 Å². The van der Waals surface area contributed by atoms with Gasteiger partial charge < -0.3 is 19.1 Å². The van der Waals surface area contributed by atoms with Gasteiger partial charge in [0, 0.05) is 25.3 Å². The molecule has 2 saturated heterocycles. The highest BCUT2D eigenvalue weighted by atomic mass is 16.7. The van der Waals surface area contributed by atoms with E-state index in [1.54, 1.807) is 12.1 Å². The van der Waals surface area contributed by atoms with Gasteiger partial charge in [0.05, 0.1) is 24.3 Å². The summed E-state index contributed by atoms with van der Waals surface area (Å²) in [4.78, 5) is 20.1. The Labute approximate surface area is 184 Å². The zero-order chi connectivity index (χ0) is 22.2. The number of carbonyl (C=O) groups is 1. The monoisotopic (exact) mass is 417 g/mol. The van der Waals surface area contributed by atoms with E-state index in [2.05, 4.69) is 9.74 Å². The molecule has 0 spiro atoms. The lowest BCUT2D eigenvalue weighted by atomic mass is 9.79. The molecule has 0 saturated carbocycles. The molecule has 0 unspecified atom stereocenters. The van der Waals surface area contributed by atoms with Crippen molar-refractivity contribution in [1.29, 1.82) is 0 Å². The molecule has 7 heteroatoms. The minimum atomic E-state index is -0.383. The third-order valence-electron chi connectivity index (χ3n) is 6.54. The second-order valence-electron chi connectivity index (χ2n) is 9.19. The third-order valence-corrected chi connectivity index (χ3v) is 6.54. The number of hydrogen-bond acceptors (Lipinski definition) is 4. The molecule has 0 N–H and O–H groups in total. The smallest absolute Gasteiger partial charge is 0.399 e. The fraction of sp³-hybridized carbons (Fsp3) is 0.417. The summed E-state index contributed by atoms with van der Waals surface area (Å²) in [6, 6.07) is 15.5. The molecule has 2 aliphatic heterocycles. The lowest BCUT2D eigenvalue weighted by molar-refractivity contribution is -0.131. The minimum absolute atomic E-state index is 0.107. The Hall–Kier alpha value is -2.82. The molecule has 160 valence electrons. The topological polar surface area (TPSA) is 46.4 Å². The van der Waals surface area contributed by atoms with E-state index in [4.69, 9.17) is 15.9 Å². The average Bonchev–Trinajstić information content (AvgIpc) is 2.97. The van der Waals surface area contributed by atoms with Crippen LogP contribution in [0.5, 0.6) is 0 Å². The summed E-state index contributed by atoms with van der Waals surface area (Å²) in [6.07, 6.45) is 0. The summed E-state index contributed by atoms with van der Waals surface area (Å²) in [7, 11) is -0.383. The van der Waals surface area contributed by atoms with Crippen LogP contribution in [0.4, 0.5) is 11.4 Å². The predicted molar refractivity (Wildman–Crippen MR) is 122 cm³/mol. The molecule has 31 heavy (non-hydrogen) atoms. The second kappa shape index (κ2) is 8.03. The Bertz CT molecular complexity index is 980. The molecule has 0 aliphatic carbocycles. The standard InChI is InChI=1S/C24H28BN3O3/c1-23(2)24(3,4)31-25(30-23)19-8-12-21(13-9-19)27-14-15-28(22(29)17-27)16-18-6-10-20(26-5)11-7-18/h6-13H,14-17H2,1-4H3. The zero-order valence-corrected chi connectivity index (χ0v) is 18.6. The maximum absolute atomic E-state index is 12.7. The van der Waals surface area contributed by atoms with E-state index in [1.807, 2.05) is 69.0 Å². The maximum Gasteiger partial charge on any atom is 0.494 e. The van der Waals surface area contributed by atoms with E-state index in [0.717, 1.165) is 23.3 Å². The number of hydrogen-bond donors (Lipinski definition) is 0. The Morgan fingerprint density at radius 1 is 0.968 bits per heavy atom. The zero-order valence-electron chi connectivity index (χ0n) is 18.6. The lowest BCUT2D eigenvalue weighted by Crippen LogP contribution is -2.50. The molecule has 0 bridgehead atoms. The number of amides is 1. The Morgan fingerprint density at radius 3 is 2.13 bits per heavy atom. The van der Waals surface area contributed by atoms with Crippen molar-refractivity contribution in [3.05, 3.63) is 65.5 Å². The van der Waals surface area contributed by atoms with Crippen LogP contribution >= 0.6 is 0 Å². The van der Waals surface area contributed by atoms with Crippen LogP contribution in [0.15, 0.2) is 48.5 Å². The first kappa shape index (κ1) is 21.4. The molecule has 1 amide bonds. The van der Waals surface area contributed by atoms with Gasteiger partial charge in [-0.15, -0.1) is 0 Å². The van der Waals surface area contributed by atoms with Crippen LogP contribution in [0.25, 0.3) is 4.85 Å².